The first-order valence-electron chi connectivity index (χ1n) is 9.03. The highest BCUT2D eigenvalue weighted by atomic mass is 19.4. The number of rotatable bonds is 4. The van der Waals surface area contributed by atoms with Crippen molar-refractivity contribution < 1.29 is 32.6 Å². The van der Waals surface area contributed by atoms with Gasteiger partial charge < -0.3 is 20.1 Å². The van der Waals surface area contributed by atoms with Gasteiger partial charge in [0.05, 0.1) is 5.54 Å². The Bertz CT molecular complexity index is 877. The Hall–Kier alpha value is -2.81. The number of nitrogens with zero attached hydrogens (tertiary/aromatic N) is 1. The Labute approximate surface area is 165 Å². The molecule has 1 aromatic rings. The minimum atomic E-state index is -4.77. The fourth-order valence-electron chi connectivity index (χ4n) is 3.57. The van der Waals surface area contributed by atoms with Crippen LogP contribution in [0.2, 0.25) is 0 Å². The average molecular weight is 410 g/mol. The lowest BCUT2D eigenvalue weighted by atomic mass is 9.79. The number of hydrogen-bond donors (Lipinski definition) is 2. The van der Waals surface area contributed by atoms with E-state index in [0.717, 1.165) is 0 Å². The number of carbonyl (C=O) groups excluding carboxylic acids is 2. The molecule has 1 aliphatic carbocycles. The van der Waals surface area contributed by atoms with Crippen molar-refractivity contribution in [1.82, 2.24) is 10.2 Å². The van der Waals surface area contributed by atoms with E-state index in [1.54, 1.807) is 20.0 Å². The van der Waals surface area contributed by atoms with Crippen molar-refractivity contribution in [2.75, 3.05) is 13.7 Å². The Morgan fingerprint density at radius 2 is 1.93 bits per heavy atom. The lowest BCUT2D eigenvalue weighted by Gasteiger charge is -2.40. The molecule has 0 saturated carbocycles. The number of aliphatic hydroxyl groups is 1. The topological polar surface area (TPSA) is 78.9 Å². The SMILES string of the molecule is CN1C(=O)[C@H](CCO)NC(=O)C2=CC(c3ccc(OC(F)(F)F)cc3)=CCC21C. The molecule has 2 atom stereocenters. The van der Waals surface area contributed by atoms with Crippen molar-refractivity contribution in [3.8, 4) is 5.75 Å². The maximum atomic E-state index is 12.8. The number of alkyl halides is 3. The van der Waals surface area contributed by atoms with E-state index < -0.39 is 23.9 Å². The van der Waals surface area contributed by atoms with Crippen LogP contribution in [0.4, 0.5) is 13.2 Å². The van der Waals surface area contributed by atoms with Crippen LogP contribution in [-0.2, 0) is 9.59 Å². The first kappa shape index (κ1) is 20.9. The number of allylic oxidation sites excluding steroid dienone is 2. The van der Waals surface area contributed by atoms with E-state index >= 15 is 0 Å². The van der Waals surface area contributed by atoms with Gasteiger partial charge in [-0.2, -0.15) is 0 Å². The minimum Gasteiger partial charge on any atom is -0.406 e. The van der Waals surface area contributed by atoms with Gasteiger partial charge in [-0.25, -0.2) is 0 Å². The van der Waals surface area contributed by atoms with Gasteiger partial charge in [-0.3, -0.25) is 9.59 Å². The summed E-state index contributed by atoms with van der Waals surface area (Å²) in [6.45, 7) is 1.54. The van der Waals surface area contributed by atoms with Gasteiger partial charge >= 0.3 is 6.36 Å². The number of nitrogens with one attached hydrogen (secondary N) is 1. The van der Waals surface area contributed by atoms with Crippen molar-refractivity contribution in [2.24, 2.45) is 0 Å². The van der Waals surface area contributed by atoms with Gasteiger partial charge in [-0.1, -0.05) is 18.2 Å². The summed E-state index contributed by atoms with van der Waals surface area (Å²) in [6, 6.07) is 4.55. The Morgan fingerprint density at radius 3 is 2.52 bits per heavy atom. The molecule has 29 heavy (non-hydrogen) atoms. The monoisotopic (exact) mass is 410 g/mol. The van der Waals surface area contributed by atoms with Crippen molar-refractivity contribution in [3.05, 3.63) is 47.6 Å². The summed E-state index contributed by atoms with van der Waals surface area (Å²) < 4.78 is 40.9. The maximum absolute atomic E-state index is 12.8. The molecular formula is C20H21F3N2O4. The zero-order valence-corrected chi connectivity index (χ0v) is 15.9. The van der Waals surface area contributed by atoms with E-state index in [2.05, 4.69) is 10.1 Å². The second-order valence-electron chi connectivity index (χ2n) is 7.20. The van der Waals surface area contributed by atoms with Crippen LogP contribution in [0.1, 0.15) is 25.3 Å². The highest BCUT2D eigenvalue weighted by Crippen LogP contribution is 2.38. The van der Waals surface area contributed by atoms with E-state index in [4.69, 9.17) is 0 Å². The summed E-state index contributed by atoms with van der Waals surface area (Å²) >= 11 is 0. The smallest absolute Gasteiger partial charge is 0.406 e. The third-order valence-corrected chi connectivity index (χ3v) is 5.36. The Balaban J connectivity index is 1.91. The molecule has 1 heterocycles. The summed E-state index contributed by atoms with van der Waals surface area (Å²) in [6.07, 6.45) is -0.818. The molecule has 1 unspecified atom stereocenters. The molecule has 2 amide bonds. The molecular weight excluding hydrogens is 389 g/mol. The van der Waals surface area contributed by atoms with Crippen molar-refractivity contribution in [2.45, 2.75) is 37.7 Å². The molecule has 1 saturated heterocycles. The molecule has 0 spiro atoms. The Kier molecular flexibility index (Phi) is 5.44. The maximum Gasteiger partial charge on any atom is 0.573 e. The second-order valence-corrected chi connectivity index (χ2v) is 7.20. The number of ether oxygens (including phenoxy) is 1. The number of amides is 2. The predicted octanol–water partition coefficient (Wildman–Crippen LogP) is 2.40. The van der Waals surface area contributed by atoms with E-state index in [1.165, 1.54) is 29.2 Å². The zero-order valence-electron chi connectivity index (χ0n) is 15.9. The minimum absolute atomic E-state index is 0.110. The summed E-state index contributed by atoms with van der Waals surface area (Å²) in [7, 11) is 1.61. The lowest BCUT2D eigenvalue weighted by Crippen LogP contribution is -2.51. The molecule has 1 fully saturated rings. The van der Waals surface area contributed by atoms with Crippen LogP contribution in [0.25, 0.3) is 5.57 Å². The fourth-order valence-corrected chi connectivity index (χ4v) is 3.57. The molecule has 0 aromatic heterocycles. The highest BCUT2D eigenvalue weighted by molar-refractivity contribution is 6.04. The average Bonchev–Trinajstić information content (AvgIpc) is 2.71. The lowest BCUT2D eigenvalue weighted by molar-refractivity contribution is -0.274. The summed E-state index contributed by atoms with van der Waals surface area (Å²) in [5, 5.41) is 11.8. The number of benzene rings is 1. The number of fused-ring (bicyclic) bond motifs is 1. The van der Waals surface area contributed by atoms with E-state index in [-0.39, 0.29) is 24.7 Å². The number of aliphatic hydroxyl groups excluding tert-OH is 1. The van der Waals surface area contributed by atoms with Crippen LogP contribution in [-0.4, -0.2) is 53.4 Å². The molecule has 0 bridgehead atoms. The molecule has 1 aromatic carbocycles. The third-order valence-electron chi connectivity index (χ3n) is 5.36. The van der Waals surface area contributed by atoms with Gasteiger partial charge in [-0.15, -0.1) is 13.2 Å². The molecule has 3 rings (SSSR count). The number of hydrogen-bond acceptors (Lipinski definition) is 4. The van der Waals surface area contributed by atoms with Gasteiger partial charge in [-0.05, 0) is 49.1 Å². The van der Waals surface area contributed by atoms with Gasteiger partial charge in [0.1, 0.15) is 11.8 Å². The van der Waals surface area contributed by atoms with Crippen LogP contribution in [0.5, 0.6) is 5.75 Å². The molecule has 6 nitrogen and oxygen atoms in total. The standard InChI is InChI=1S/C20H21F3N2O4/c1-19-9-7-13(12-3-5-14(6-4-12)29-20(21,22)23)11-15(19)17(27)24-16(8-10-26)18(28)25(19)2/h3-7,11,16,26H,8-10H2,1-2H3,(H,24,27)/t16-,19?/m0/s1. The molecule has 2 aliphatic rings. The molecule has 9 heteroatoms. The van der Waals surface area contributed by atoms with E-state index in [1.807, 2.05) is 6.08 Å². The summed E-state index contributed by atoms with van der Waals surface area (Å²) in [5.41, 5.74) is 0.787. The van der Waals surface area contributed by atoms with Crippen LogP contribution in [0.15, 0.2) is 42.0 Å². The van der Waals surface area contributed by atoms with E-state index in [9.17, 15) is 27.9 Å². The number of halogens is 3. The van der Waals surface area contributed by atoms with Crippen molar-refractivity contribution in [1.29, 1.82) is 0 Å². The van der Waals surface area contributed by atoms with E-state index in [0.29, 0.717) is 23.1 Å². The summed E-state index contributed by atoms with van der Waals surface area (Å²) in [5.74, 6) is -1.03. The number of carbonyl (C=O) groups is 2. The first-order valence-corrected chi connectivity index (χ1v) is 9.03. The van der Waals surface area contributed by atoms with Gasteiger partial charge in [0, 0.05) is 19.2 Å². The fraction of sp³-hybridized carbons (Fsp3) is 0.400. The Morgan fingerprint density at radius 1 is 1.28 bits per heavy atom. The predicted molar refractivity (Wildman–Crippen MR) is 98.6 cm³/mol. The van der Waals surface area contributed by atoms with Gasteiger partial charge in [0.15, 0.2) is 0 Å². The molecule has 1 aliphatic heterocycles. The largest absolute Gasteiger partial charge is 0.573 e. The molecule has 156 valence electrons. The first-order chi connectivity index (χ1) is 13.5. The summed E-state index contributed by atoms with van der Waals surface area (Å²) in [4.78, 5) is 27.0. The zero-order chi connectivity index (χ0) is 21.4. The molecule has 2 N–H and O–H groups in total. The van der Waals surface area contributed by atoms with Crippen LogP contribution >= 0.6 is 0 Å². The highest BCUT2D eigenvalue weighted by Gasteiger charge is 2.46. The van der Waals surface area contributed by atoms with Crippen molar-refractivity contribution >= 4 is 17.4 Å². The van der Waals surface area contributed by atoms with Crippen molar-refractivity contribution in [3.63, 3.8) is 0 Å². The normalized spacial score (nSPS) is 24.9. The van der Waals surface area contributed by atoms with Crippen LogP contribution < -0.4 is 10.1 Å². The van der Waals surface area contributed by atoms with Crippen LogP contribution in [0.3, 0.4) is 0 Å². The third kappa shape index (κ3) is 4.14. The van der Waals surface area contributed by atoms with Gasteiger partial charge in [0.25, 0.3) is 0 Å². The van der Waals surface area contributed by atoms with Crippen LogP contribution in [0, 0.1) is 0 Å². The van der Waals surface area contributed by atoms with Gasteiger partial charge in [0.2, 0.25) is 11.8 Å². The molecule has 0 radical (unpaired) electrons. The second kappa shape index (κ2) is 7.55. The quantitative estimate of drug-likeness (QED) is 0.799. The number of likely N-dealkylation sites (N-methyl/N-ethyl adjacent to an activating group) is 1.